The Morgan fingerprint density at radius 2 is 2.17 bits per heavy atom. The van der Waals surface area contributed by atoms with Gasteiger partial charge in [0, 0.05) is 6.07 Å². The number of ether oxygens (including phenoxy) is 2. The molecule has 3 nitrogen and oxygen atoms in total. The lowest BCUT2D eigenvalue weighted by Crippen LogP contribution is -2.07. The van der Waals surface area contributed by atoms with Gasteiger partial charge in [0.1, 0.15) is 18.2 Å². The average Bonchev–Trinajstić information content (AvgIpc) is 2.09. The van der Waals surface area contributed by atoms with Gasteiger partial charge in [0.05, 0.1) is 7.11 Å². The summed E-state index contributed by atoms with van der Waals surface area (Å²) in [6, 6.07) is 5.62. The third kappa shape index (κ3) is 1.89. The molecule has 1 aromatic carbocycles. The summed E-state index contributed by atoms with van der Waals surface area (Å²) in [6.45, 7) is 2.16. The van der Waals surface area contributed by atoms with Crippen LogP contribution >= 0.6 is 0 Å². The molecule has 66 valence electrons. The summed E-state index contributed by atoms with van der Waals surface area (Å²) >= 11 is 0. The molecule has 0 aliphatic rings. The van der Waals surface area contributed by atoms with Crippen LogP contribution in [0.4, 0.5) is 0 Å². The highest BCUT2D eigenvalue weighted by Gasteiger charge is 1.99. The standard InChI is InChI=1S/C9H13NO2/c1-7-3-4-8(12-6-10)5-9(7)11-2/h3-5H,6,10H2,1-2H3. The Morgan fingerprint density at radius 3 is 2.75 bits per heavy atom. The molecule has 1 rings (SSSR count). The Labute approximate surface area is 72.1 Å². The van der Waals surface area contributed by atoms with Gasteiger partial charge in [-0.1, -0.05) is 6.07 Å². The summed E-state index contributed by atoms with van der Waals surface area (Å²) in [6.07, 6.45) is 0. The highest BCUT2D eigenvalue weighted by molar-refractivity contribution is 5.39. The fraction of sp³-hybridized carbons (Fsp3) is 0.333. The topological polar surface area (TPSA) is 44.5 Å². The minimum Gasteiger partial charge on any atom is -0.496 e. The predicted molar refractivity (Wildman–Crippen MR) is 47.4 cm³/mol. The molecule has 0 amide bonds. The molecule has 0 radical (unpaired) electrons. The normalized spacial score (nSPS) is 9.58. The lowest BCUT2D eigenvalue weighted by molar-refractivity contribution is 0.326. The van der Waals surface area contributed by atoms with Gasteiger partial charge < -0.3 is 9.47 Å². The Balaban J connectivity index is 2.89. The molecule has 0 unspecified atom stereocenters. The van der Waals surface area contributed by atoms with E-state index < -0.39 is 0 Å². The Hall–Kier alpha value is -1.22. The van der Waals surface area contributed by atoms with Crippen molar-refractivity contribution in [3.8, 4) is 11.5 Å². The minimum atomic E-state index is 0.187. The second-order valence-corrected chi connectivity index (χ2v) is 2.44. The molecular formula is C9H13NO2. The van der Waals surface area contributed by atoms with Gasteiger partial charge >= 0.3 is 0 Å². The fourth-order valence-electron chi connectivity index (χ4n) is 0.986. The molecule has 3 heteroatoms. The van der Waals surface area contributed by atoms with Gasteiger partial charge in [-0.2, -0.15) is 0 Å². The van der Waals surface area contributed by atoms with E-state index in [9.17, 15) is 0 Å². The summed E-state index contributed by atoms with van der Waals surface area (Å²) in [5.41, 5.74) is 6.31. The summed E-state index contributed by atoms with van der Waals surface area (Å²) in [7, 11) is 1.63. The van der Waals surface area contributed by atoms with Crippen LogP contribution in [0.5, 0.6) is 11.5 Å². The molecule has 0 atom stereocenters. The van der Waals surface area contributed by atoms with Crippen LogP contribution in [0, 0.1) is 6.92 Å². The number of rotatable bonds is 3. The summed E-state index contributed by atoms with van der Waals surface area (Å²) in [4.78, 5) is 0. The van der Waals surface area contributed by atoms with E-state index >= 15 is 0 Å². The third-order valence-electron chi connectivity index (χ3n) is 1.63. The van der Waals surface area contributed by atoms with E-state index in [-0.39, 0.29) is 6.73 Å². The second kappa shape index (κ2) is 3.97. The monoisotopic (exact) mass is 167 g/mol. The first kappa shape index (κ1) is 8.87. The number of nitrogens with two attached hydrogens (primary N) is 1. The predicted octanol–water partition coefficient (Wildman–Crippen LogP) is 1.30. The van der Waals surface area contributed by atoms with Crippen LogP contribution in [0.1, 0.15) is 5.56 Å². The zero-order valence-electron chi connectivity index (χ0n) is 7.33. The number of aryl methyl sites for hydroxylation is 1. The van der Waals surface area contributed by atoms with Gasteiger partial charge in [0.2, 0.25) is 0 Å². The number of methoxy groups -OCH3 is 1. The highest BCUT2D eigenvalue weighted by Crippen LogP contribution is 2.23. The van der Waals surface area contributed by atoms with Gasteiger partial charge in [0.25, 0.3) is 0 Å². The molecule has 0 fully saturated rings. The van der Waals surface area contributed by atoms with Crippen molar-refractivity contribution in [1.29, 1.82) is 0 Å². The summed E-state index contributed by atoms with van der Waals surface area (Å²) < 4.78 is 10.2. The largest absolute Gasteiger partial charge is 0.496 e. The van der Waals surface area contributed by atoms with E-state index in [0.717, 1.165) is 17.1 Å². The Bertz CT molecular complexity index is 261. The highest BCUT2D eigenvalue weighted by atomic mass is 16.5. The van der Waals surface area contributed by atoms with Gasteiger partial charge in [0.15, 0.2) is 0 Å². The zero-order chi connectivity index (χ0) is 8.97. The number of hydrogen-bond donors (Lipinski definition) is 1. The van der Waals surface area contributed by atoms with Crippen LogP contribution in [0.2, 0.25) is 0 Å². The zero-order valence-corrected chi connectivity index (χ0v) is 7.33. The number of hydrogen-bond acceptors (Lipinski definition) is 3. The quantitative estimate of drug-likeness (QED) is 0.690. The number of benzene rings is 1. The van der Waals surface area contributed by atoms with Crippen LogP contribution in [-0.2, 0) is 0 Å². The van der Waals surface area contributed by atoms with Crippen LogP contribution in [0.15, 0.2) is 18.2 Å². The van der Waals surface area contributed by atoms with Gasteiger partial charge in [-0.25, -0.2) is 0 Å². The molecule has 0 aliphatic heterocycles. The first-order valence-electron chi connectivity index (χ1n) is 3.75. The Morgan fingerprint density at radius 1 is 1.42 bits per heavy atom. The molecule has 2 N–H and O–H groups in total. The molecule has 0 bridgehead atoms. The summed E-state index contributed by atoms with van der Waals surface area (Å²) in [5, 5.41) is 0. The van der Waals surface area contributed by atoms with E-state index in [1.807, 2.05) is 25.1 Å². The van der Waals surface area contributed by atoms with Crippen molar-refractivity contribution in [2.75, 3.05) is 13.8 Å². The second-order valence-electron chi connectivity index (χ2n) is 2.44. The van der Waals surface area contributed by atoms with E-state index in [0.29, 0.717) is 0 Å². The first-order valence-corrected chi connectivity index (χ1v) is 3.75. The van der Waals surface area contributed by atoms with E-state index in [1.54, 1.807) is 7.11 Å². The Kier molecular flexibility index (Phi) is 2.94. The van der Waals surface area contributed by atoms with Crippen molar-refractivity contribution in [1.82, 2.24) is 0 Å². The lowest BCUT2D eigenvalue weighted by Gasteiger charge is -2.07. The molecule has 0 aliphatic carbocycles. The van der Waals surface area contributed by atoms with Crippen molar-refractivity contribution in [3.63, 3.8) is 0 Å². The molecular weight excluding hydrogens is 154 g/mol. The SMILES string of the molecule is COc1cc(OCN)ccc1C. The van der Waals surface area contributed by atoms with Crippen LogP contribution in [0.3, 0.4) is 0 Å². The van der Waals surface area contributed by atoms with Crippen molar-refractivity contribution in [2.45, 2.75) is 6.92 Å². The maximum atomic E-state index is 5.23. The average molecular weight is 167 g/mol. The molecule has 0 saturated heterocycles. The van der Waals surface area contributed by atoms with Crippen LogP contribution in [-0.4, -0.2) is 13.8 Å². The summed E-state index contributed by atoms with van der Waals surface area (Å²) in [5.74, 6) is 1.56. The van der Waals surface area contributed by atoms with E-state index in [4.69, 9.17) is 15.2 Å². The van der Waals surface area contributed by atoms with Gasteiger partial charge in [-0.3, -0.25) is 5.73 Å². The molecule has 0 saturated carbocycles. The van der Waals surface area contributed by atoms with Crippen molar-refractivity contribution < 1.29 is 9.47 Å². The lowest BCUT2D eigenvalue weighted by atomic mass is 10.2. The van der Waals surface area contributed by atoms with E-state index in [2.05, 4.69) is 0 Å². The third-order valence-corrected chi connectivity index (χ3v) is 1.63. The van der Waals surface area contributed by atoms with Gasteiger partial charge in [-0.15, -0.1) is 0 Å². The van der Waals surface area contributed by atoms with Crippen LogP contribution in [0.25, 0.3) is 0 Å². The van der Waals surface area contributed by atoms with Crippen molar-refractivity contribution in [3.05, 3.63) is 23.8 Å². The minimum absolute atomic E-state index is 0.187. The molecule has 0 spiro atoms. The fourth-order valence-corrected chi connectivity index (χ4v) is 0.986. The molecule has 0 aromatic heterocycles. The molecule has 12 heavy (non-hydrogen) atoms. The van der Waals surface area contributed by atoms with Crippen molar-refractivity contribution in [2.24, 2.45) is 5.73 Å². The van der Waals surface area contributed by atoms with E-state index in [1.165, 1.54) is 0 Å². The maximum Gasteiger partial charge on any atom is 0.137 e. The molecule has 1 aromatic rings. The molecule has 0 heterocycles. The van der Waals surface area contributed by atoms with Crippen molar-refractivity contribution >= 4 is 0 Å². The maximum absolute atomic E-state index is 5.23. The smallest absolute Gasteiger partial charge is 0.137 e. The van der Waals surface area contributed by atoms with Crippen LogP contribution < -0.4 is 15.2 Å². The van der Waals surface area contributed by atoms with Gasteiger partial charge in [-0.05, 0) is 18.6 Å². The first-order chi connectivity index (χ1) is 5.77.